The van der Waals surface area contributed by atoms with E-state index in [1.807, 2.05) is 7.11 Å². The molecule has 0 N–H and O–H groups in total. The van der Waals surface area contributed by atoms with Crippen molar-refractivity contribution in [1.82, 2.24) is 0 Å². The summed E-state index contributed by atoms with van der Waals surface area (Å²) in [6.45, 7) is 6.94. The fraction of sp³-hybridized carbons (Fsp3) is 0.556. The summed E-state index contributed by atoms with van der Waals surface area (Å²) in [7, 11) is 0.385. The van der Waals surface area contributed by atoms with Gasteiger partial charge in [-0.1, -0.05) is 13.0 Å². The van der Waals surface area contributed by atoms with E-state index in [-0.39, 0.29) is 0 Å². The number of hydrogen-bond donors (Lipinski definition) is 0. The molecule has 0 bridgehead atoms. The molecule has 30 heavy (non-hydrogen) atoms. The molecule has 0 saturated carbocycles. The lowest BCUT2D eigenvalue weighted by molar-refractivity contribution is 0.404. The maximum atomic E-state index is 5.90. The molecule has 2 fully saturated rings. The molecule has 0 spiro atoms. The summed E-state index contributed by atoms with van der Waals surface area (Å²) < 4.78 is 5.90. The zero-order valence-corrected chi connectivity index (χ0v) is 21.5. The minimum atomic E-state index is -0.756. The van der Waals surface area contributed by atoms with Crippen molar-refractivity contribution in [2.75, 3.05) is 36.9 Å². The van der Waals surface area contributed by atoms with Gasteiger partial charge in [-0.05, 0) is 132 Å². The van der Waals surface area contributed by atoms with E-state index >= 15 is 0 Å². The minimum Gasteiger partial charge on any atom is -0.496 e. The molecular formula is C27H40OS2. The van der Waals surface area contributed by atoms with Gasteiger partial charge in [0.2, 0.25) is 0 Å². The number of benzene rings is 2. The Morgan fingerprint density at radius 2 is 1.60 bits per heavy atom. The standard InChI is InChI=1S/C27H40OS2/c1-7-22-11-10-16-30(22,6)23-13-12-20(2)24(18-23)25-19-27(26(28-4)17-21(25)3)29(5)14-8-9-15-29/h12-13,17-19,22H,7-11,14-16H2,1-6H3. The van der Waals surface area contributed by atoms with Crippen LogP contribution in [0.2, 0.25) is 0 Å². The van der Waals surface area contributed by atoms with Crippen LogP contribution in [-0.2, 0) is 0 Å². The van der Waals surface area contributed by atoms with Crippen LogP contribution >= 0.6 is 20.1 Å². The summed E-state index contributed by atoms with van der Waals surface area (Å²) in [5.41, 5.74) is 5.62. The van der Waals surface area contributed by atoms with E-state index in [0.29, 0.717) is 0 Å². The highest BCUT2D eigenvalue weighted by Crippen LogP contribution is 2.64. The van der Waals surface area contributed by atoms with Crippen LogP contribution in [0.1, 0.15) is 50.2 Å². The summed E-state index contributed by atoms with van der Waals surface area (Å²) in [6.07, 6.45) is 12.0. The van der Waals surface area contributed by atoms with Gasteiger partial charge in [0, 0.05) is 4.90 Å². The molecule has 2 unspecified atom stereocenters. The quantitative estimate of drug-likeness (QED) is 0.455. The van der Waals surface area contributed by atoms with E-state index in [1.54, 1.807) is 4.90 Å². The Morgan fingerprint density at radius 1 is 0.900 bits per heavy atom. The normalized spacial score (nSPS) is 28.8. The number of methoxy groups -OCH3 is 1. The van der Waals surface area contributed by atoms with Gasteiger partial charge >= 0.3 is 0 Å². The Balaban J connectivity index is 1.84. The third-order valence-electron chi connectivity index (χ3n) is 7.80. The van der Waals surface area contributed by atoms with Crippen LogP contribution in [0.15, 0.2) is 40.1 Å². The van der Waals surface area contributed by atoms with Crippen LogP contribution in [0.25, 0.3) is 11.1 Å². The monoisotopic (exact) mass is 444 g/mol. The van der Waals surface area contributed by atoms with Gasteiger partial charge in [-0.25, -0.2) is 20.1 Å². The van der Waals surface area contributed by atoms with Crippen molar-refractivity contribution in [3.8, 4) is 16.9 Å². The number of aryl methyl sites for hydroxylation is 2. The average molecular weight is 445 g/mol. The van der Waals surface area contributed by atoms with Gasteiger partial charge in [0.15, 0.2) is 0 Å². The van der Waals surface area contributed by atoms with E-state index in [0.717, 1.165) is 11.0 Å². The van der Waals surface area contributed by atoms with Crippen molar-refractivity contribution in [2.24, 2.45) is 0 Å². The predicted octanol–water partition coefficient (Wildman–Crippen LogP) is 7.93. The molecule has 2 atom stereocenters. The number of rotatable bonds is 5. The van der Waals surface area contributed by atoms with Crippen LogP contribution in [0, 0.1) is 13.8 Å². The molecule has 4 rings (SSSR count). The Hall–Kier alpha value is -1.06. The second-order valence-electron chi connectivity index (χ2n) is 9.72. The van der Waals surface area contributed by atoms with E-state index in [4.69, 9.17) is 4.74 Å². The first-order chi connectivity index (χ1) is 14.3. The van der Waals surface area contributed by atoms with Crippen molar-refractivity contribution in [2.45, 2.75) is 67.9 Å². The Labute approximate surface area is 187 Å². The third-order valence-corrected chi connectivity index (χ3v) is 16.1. The topological polar surface area (TPSA) is 9.23 Å². The molecule has 1 nitrogen and oxygen atoms in total. The highest BCUT2D eigenvalue weighted by atomic mass is 32.3. The van der Waals surface area contributed by atoms with Crippen molar-refractivity contribution in [3.63, 3.8) is 0 Å². The Morgan fingerprint density at radius 3 is 2.27 bits per heavy atom. The highest BCUT2D eigenvalue weighted by Gasteiger charge is 2.35. The second kappa shape index (κ2) is 8.47. The SMILES string of the molecule is CCC1CCCS1(C)c1ccc(C)c(-c2cc(S3(C)CCCC3)c(OC)cc2C)c1. The molecule has 2 heterocycles. The van der Waals surface area contributed by atoms with E-state index < -0.39 is 20.1 Å². The maximum absolute atomic E-state index is 5.90. The summed E-state index contributed by atoms with van der Waals surface area (Å²) in [6, 6.07) is 12.2. The molecule has 2 aromatic carbocycles. The van der Waals surface area contributed by atoms with Gasteiger partial charge in [0.05, 0.1) is 7.11 Å². The molecule has 2 saturated heterocycles. The molecule has 2 aliphatic heterocycles. The lowest BCUT2D eigenvalue weighted by atomic mass is 9.96. The van der Waals surface area contributed by atoms with Crippen LogP contribution in [-0.4, -0.2) is 42.1 Å². The lowest BCUT2D eigenvalue weighted by Gasteiger charge is -2.38. The Kier molecular flexibility index (Phi) is 6.25. The molecule has 0 aromatic heterocycles. The van der Waals surface area contributed by atoms with Crippen LogP contribution in [0.5, 0.6) is 5.75 Å². The molecule has 3 heteroatoms. The van der Waals surface area contributed by atoms with Gasteiger partial charge in [0.1, 0.15) is 5.75 Å². The molecule has 0 radical (unpaired) electrons. The molecule has 0 amide bonds. The van der Waals surface area contributed by atoms with Crippen LogP contribution in [0.3, 0.4) is 0 Å². The van der Waals surface area contributed by atoms with Crippen molar-refractivity contribution < 1.29 is 4.74 Å². The summed E-state index contributed by atoms with van der Waals surface area (Å²) >= 11 is 0. The van der Waals surface area contributed by atoms with E-state index in [2.05, 4.69) is 63.6 Å². The largest absolute Gasteiger partial charge is 0.496 e. The number of ether oxygens (including phenoxy) is 1. The first-order valence-electron chi connectivity index (χ1n) is 11.6. The second-order valence-corrected chi connectivity index (χ2v) is 17.4. The molecular weight excluding hydrogens is 404 g/mol. The maximum Gasteiger partial charge on any atom is 0.131 e. The van der Waals surface area contributed by atoms with E-state index in [1.165, 1.54) is 76.5 Å². The summed E-state index contributed by atoms with van der Waals surface area (Å²) in [4.78, 5) is 3.13. The van der Waals surface area contributed by atoms with Gasteiger partial charge in [-0.2, -0.15) is 0 Å². The van der Waals surface area contributed by atoms with Gasteiger partial charge in [0.25, 0.3) is 0 Å². The molecule has 166 valence electrons. The van der Waals surface area contributed by atoms with Crippen molar-refractivity contribution in [3.05, 3.63) is 41.5 Å². The zero-order chi connectivity index (χ0) is 21.5. The zero-order valence-electron chi connectivity index (χ0n) is 19.8. The highest BCUT2D eigenvalue weighted by molar-refractivity contribution is 8.34. The lowest BCUT2D eigenvalue weighted by Crippen LogP contribution is -2.12. The summed E-state index contributed by atoms with van der Waals surface area (Å²) in [5.74, 6) is 5.23. The fourth-order valence-electron chi connectivity index (χ4n) is 5.76. The number of hydrogen-bond acceptors (Lipinski definition) is 1. The first-order valence-corrected chi connectivity index (χ1v) is 16.3. The minimum absolute atomic E-state index is 0.704. The van der Waals surface area contributed by atoms with Crippen LogP contribution in [0.4, 0.5) is 0 Å². The van der Waals surface area contributed by atoms with Gasteiger partial charge in [-0.3, -0.25) is 0 Å². The van der Waals surface area contributed by atoms with Gasteiger partial charge in [-0.15, -0.1) is 0 Å². The van der Waals surface area contributed by atoms with Crippen LogP contribution < -0.4 is 4.74 Å². The molecule has 2 aromatic rings. The summed E-state index contributed by atoms with van der Waals surface area (Å²) in [5, 5.41) is 0.891. The smallest absolute Gasteiger partial charge is 0.131 e. The first kappa shape index (κ1) is 22.1. The molecule has 0 aliphatic carbocycles. The van der Waals surface area contributed by atoms with Crippen molar-refractivity contribution >= 4 is 20.1 Å². The Bertz CT molecular complexity index is 929. The average Bonchev–Trinajstić information content (AvgIpc) is 3.35. The fourth-order valence-corrected chi connectivity index (χ4v) is 13.0. The molecule has 2 aliphatic rings. The predicted molar refractivity (Wildman–Crippen MR) is 139 cm³/mol. The van der Waals surface area contributed by atoms with E-state index in [9.17, 15) is 0 Å². The van der Waals surface area contributed by atoms with Crippen molar-refractivity contribution in [1.29, 1.82) is 0 Å². The van der Waals surface area contributed by atoms with Gasteiger partial charge < -0.3 is 4.74 Å². The third kappa shape index (κ3) is 3.71.